The number of benzene rings is 1. The molecule has 0 spiro atoms. The van der Waals surface area contributed by atoms with E-state index in [1.54, 1.807) is 0 Å². The molecular formula is C16H25NO2. The molecular weight excluding hydrogens is 238 g/mol. The van der Waals surface area contributed by atoms with Crippen LogP contribution in [0.15, 0.2) is 18.2 Å². The summed E-state index contributed by atoms with van der Waals surface area (Å²) in [6.07, 6.45) is 2.87. The summed E-state index contributed by atoms with van der Waals surface area (Å²) in [5.74, 6) is 0.802. The Morgan fingerprint density at radius 2 is 2.11 bits per heavy atom. The Bertz CT molecular complexity index is 415. The summed E-state index contributed by atoms with van der Waals surface area (Å²) in [4.78, 5) is 0. The fourth-order valence-electron chi connectivity index (χ4n) is 2.39. The third-order valence-corrected chi connectivity index (χ3v) is 3.63. The molecule has 0 heterocycles. The Balaban J connectivity index is 2.18. The van der Waals surface area contributed by atoms with Gasteiger partial charge in [-0.1, -0.05) is 18.6 Å². The topological polar surface area (TPSA) is 41.5 Å². The molecule has 0 amide bonds. The zero-order chi connectivity index (χ0) is 13.8. The third kappa shape index (κ3) is 3.71. The lowest BCUT2D eigenvalue weighted by Gasteiger charge is -2.25. The van der Waals surface area contributed by atoms with Crippen LogP contribution in [0.25, 0.3) is 0 Å². The van der Waals surface area contributed by atoms with E-state index in [-0.39, 0.29) is 6.04 Å². The molecule has 0 aromatic heterocycles. The largest absolute Gasteiger partial charge is 0.493 e. The number of hydrogen-bond donors (Lipinski definition) is 2. The van der Waals surface area contributed by atoms with Gasteiger partial charge in [0, 0.05) is 17.6 Å². The highest BCUT2D eigenvalue weighted by molar-refractivity contribution is 5.39. The van der Waals surface area contributed by atoms with Gasteiger partial charge in [-0.25, -0.2) is 0 Å². The Morgan fingerprint density at radius 1 is 1.37 bits per heavy atom. The minimum absolute atomic E-state index is 0.105. The highest BCUT2D eigenvalue weighted by atomic mass is 16.5. The molecule has 106 valence electrons. The standard InChI is InChI=1S/C16H25NO2/c1-4-14(17-12-7-8-12)16(18)13-10-11(3)6-9-15(13)19-5-2/h6,9-10,12,14,16-18H,4-5,7-8H2,1-3H3. The maximum absolute atomic E-state index is 10.6. The smallest absolute Gasteiger partial charge is 0.125 e. The molecule has 2 atom stereocenters. The highest BCUT2D eigenvalue weighted by Gasteiger charge is 2.29. The van der Waals surface area contributed by atoms with Gasteiger partial charge in [-0.05, 0) is 45.2 Å². The molecule has 2 unspecified atom stereocenters. The number of aryl methyl sites for hydroxylation is 1. The summed E-state index contributed by atoms with van der Waals surface area (Å²) in [7, 11) is 0. The van der Waals surface area contributed by atoms with Gasteiger partial charge < -0.3 is 15.2 Å². The van der Waals surface area contributed by atoms with E-state index in [1.165, 1.54) is 12.8 Å². The van der Waals surface area contributed by atoms with E-state index < -0.39 is 6.10 Å². The van der Waals surface area contributed by atoms with Crippen LogP contribution in [0.2, 0.25) is 0 Å². The zero-order valence-electron chi connectivity index (χ0n) is 12.1. The Hall–Kier alpha value is -1.06. The van der Waals surface area contributed by atoms with Crippen LogP contribution in [0.1, 0.15) is 50.3 Å². The van der Waals surface area contributed by atoms with Crippen LogP contribution in [0.4, 0.5) is 0 Å². The van der Waals surface area contributed by atoms with E-state index in [0.717, 1.165) is 23.3 Å². The lowest BCUT2D eigenvalue weighted by atomic mass is 9.97. The van der Waals surface area contributed by atoms with Crippen molar-refractivity contribution in [1.29, 1.82) is 0 Å². The van der Waals surface area contributed by atoms with Crippen LogP contribution in [0.5, 0.6) is 5.75 Å². The number of aliphatic hydroxyl groups excluding tert-OH is 1. The van der Waals surface area contributed by atoms with Gasteiger partial charge in [-0.3, -0.25) is 0 Å². The second-order valence-corrected chi connectivity index (χ2v) is 5.37. The second kappa shape index (κ2) is 6.40. The summed E-state index contributed by atoms with van der Waals surface area (Å²) in [5, 5.41) is 14.2. The molecule has 2 N–H and O–H groups in total. The summed E-state index contributed by atoms with van der Waals surface area (Å²) in [6.45, 7) is 6.74. The Labute approximate surface area is 116 Å². The van der Waals surface area contributed by atoms with Gasteiger partial charge in [-0.15, -0.1) is 0 Å². The van der Waals surface area contributed by atoms with Gasteiger partial charge >= 0.3 is 0 Å². The van der Waals surface area contributed by atoms with E-state index in [2.05, 4.69) is 12.2 Å². The maximum Gasteiger partial charge on any atom is 0.125 e. The molecule has 2 rings (SSSR count). The molecule has 0 bridgehead atoms. The molecule has 1 saturated carbocycles. The molecule has 1 aromatic carbocycles. The molecule has 0 saturated heterocycles. The van der Waals surface area contributed by atoms with Crippen molar-refractivity contribution in [3.05, 3.63) is 29.3 Å². The van der Waals surface area contributed by atoms with Crippen molar-refractivity contribution in [2.24, 2.45) is 0 Å². The van der Waals surface area contributed by atoms with Gasteiger partial charge in [0.25, 0.3) is 0 Å². The van der Waals surface area contributed by atoms with E-state index in [9.17, 15) is 5.11 Å². The van der Waals surface area contributed by atoms with Crippen LogP contribution >= 0.6 is 0 Å². The molecule has 3 heteroatoms. The molecule has 19 heavy (non-hydrogen) atoms. The molecule has 0 aliphatic heterocycles. The van der Waals surface area contributed by atoms with Crippen molar-refractivity contribution < 1.29 is 9.84 Å². The Morgan fingerprint density at radius 3 is 2.68 bits per heavy atom. The van der Waals surface area contributed by atoms with Gasteiger partial charge in [0.15, 0.2) is 0 Å². The second-order valence-electron chi connectivity index (χ2n) is 5.37. The lowest BCUT2D eigenvalue weighted by molar-refractivity contribution is 0.121. The summed E-state index contributed by atoms with van der Waals surface area (Å²) in [5.41, 5.74) is 2.06. The van der Waals surface area contributed by atoms with Crippen molar-refractivity contribution in [3.63, 3.8) is 0 Å². The van der Waals surface area contributed by atoms with Crippen molar-refractivity contribution in [3.8, 4) is 5.75 Å². The summed E-state index contributed by atoms with van der Waals surface area (Å²) >= 11 is 0. The first kappa shape index (κ1) is 14.4. The lowest BCUT2D eigenvalue weighted by Crippen LogP contribution is -2.36. The minimum Gasteiger partial charge on any atom is -0.493 e. The first-order chi connectivity index (χ1) is 9.15. The van der Waals surface area contributed by atoms with Gasteiger partial charge in [-0.2, -0.15) is 0 Å². The van der Waals surface area contributed by atoms with E-state index in [1.807, 2.05) is 32.0 Å². The number of rotatable bonds is 7. The van der Waals surface area contributed by atoms with Gasteiger partial charge in [0.2, 0.25) is 0 Å². The van der Waals surface area contributed by atoms with E-state index in [0.29, 0.717) is 12.6 Å². The molecule has 1 aromatic rings. The molecule has 1 aliphatic carbocycles. The number of nitrogens with one attached hydrogen (secondary N) is 1. The molecule has 3 nitrogen and oxygen atoms in total. The first-order valence-electron chi connectivity index (χ1n) is 7.33. The van der Waals surface area contributed by atoms with Crippen molar-refractivity contribution in [2.45, 2.75) is 58.2 Å². The van der Waals surface area contributed by atoms with Crippen molar-refractivity contribution >= 4 is 0 Å². The monoisotopic (exact) mass is 263 g/mol. The average molecular weight is 263 g/mol. The average Bonchev–Trinajstić information content (AvgIpc) is 3.21. The highest BCUT2D eigenvalue weighted by Crippen LogP contribution is 2.31. The third-order valence-electron chi connectivity index (χ3n) is 3.63. The van der Waals surface area contributed by atoms with Gasteiger partial charge in [0.1, 0.15) is 5.75 Å². The predicted octanol–water partition coefficient (Wildman–Crippen LogP) is 2.96. The molecule has 0 radical (unpaired) electrons. The number of hydrogen-bond acceptors (Lipinski definition) is 3. The molecule has 1 fully saturated rings. The zero-order valence-corrected chi connectivity index (χ0v) is 12.1. The van der Waals surface area contributed by atoms with E-state index in [4.69, 9.17) is 4.74 Å². The van der Waals surface area contributed by atoms with E-state index >= 15 is 0 Å². The van der Waals surface area contributed by atoms with Crippen LogP contribution in [0.3, 0.4) is 0 Å². The maximum atomic E-state index is 10.6. The summed E-state index contributed by atoms with van der Waals surface area (Å²) in [6, 6.07) is 6.72. The van der Waals surface area contributed by atoms with Gasteiger partial charge in [0.05, 0.1) is 12.7 Å². The normalized spacial score (nSPS) is 18.1. The first-order valence-corrected chi connectivity index (χ1v) is 7.33. The minimum atomic E-state index is -0.507. The predicted molar refractivity (Wildman–Crippen MR) is 77.5 cm³/mol. The summed E-state index contributed by atoms with van der Waals surface area (Å²) < 4.78 is 5.64. The van der Waals surface area contributed by atoms with Crippen LogP contribution < -0.4 is 10.1 Å². The Kier molecular flexibility index (Phi) is 4.83. The van der Waals surface area contributed by atoms with Crippen molar-refractivity contribution in [2.75, 3.05) is 6.61 Å². The quantitative estimate of drug-likeness (QED) is 0.794. The number of ether oxygens (including phenoxy) is 1. The fourth-order valence-corrected chi connectivity index (χ4v) is 2.39. The SMILES string of the molecule is CCOc1ccc(C)cc1C(O)C(CC)NC1CC1. The number of aliphatic hydroxyl groups is 1. The van der Waals surface area contributed by atoms with Crippen LogP contribution in [0, 0.1) is 6.92 Å². The molecule has 1 aliphatic rings. The fraction of sp³-hybridized carbons (Fsp3) is 0.625. The van der Waals surface area contributed by atoms with Crippen LogP contribution in [-0.2, 0) is 0 Å². The van der Waals surface area contributed by atoms with Crippen LogP contribution in [-0.4, -0.2) is 23.8 Å². The van der Waals surface area contributed by atoms with Crippen molar-refractivity contribution in [1.82, 2.24) is 5.32 Å².